The van der Waals surface area contributed by atoms with Crippen molar-refractivity contribution in [3.8, 4) is 10.6 Å². The number of hydrogen-bond donors (Lipinski definition) is 1. The maximum atomic E-state index is 12.3. The van der Waals surface area contributed by atoms with Gasteiger partial charge in [0.1, 0.15) is 0 Å². The molecule has 2 aromatic rings. The van der Waals surface area contributed by atoms with E-state index >= 15 is 0 Å². The second-order valence-corrected chi connectivity index (χ2v) is 8.89. The van der Waals surface area contributed by atoms with Gasteiger partial charge in [-0.25, -0.2) is 13.1 Å². The highest BCUT2D eigenvalue weighted by molar-refractivity contribution is 7.89. The summed E-state index contributed by atoms with van der Waals surface area (Å²) in [4.78, 5) is 5.48. The highest BCUT2D eigenvalue weighted by Crippen LogP contribution is 2.27. The molecule has 0 aromatic carbocycles. The second-order valence-electron chi connectivity index (χ2n) is 6.09. The van der Waals surface area contributed by atoms with Gasteiger partial charge in [-0.3, -0.25) is 4.98 Å². The van der Waals surface area contributed by atoms with Gasteiger partial charge in [0.15, 0.2) is 0 Å². The molecule has 1 aliphatic carbocycles. The first-order valence-corrected chi connectivity index (χ1v) is 10.6. The molecule has 1 N–H and O–H groups in total. The summed E-state index contributed by atoms with van der Waals surface area (Å²) in [6.45, 7) is 0.302. The smallest absolute Gasteiger partial charge is 0.212 e. The second kappa shape index (κ2) is 7.55. The van der Waals surface area contributed by atoms with Crippen LogP contribution in [-0.2, 0) is 16.6 Å². The van der Waals surface area contributed by atoms with Crippen molar-refractivity contribution in [2.75, 3.05) is 5.75 Å². The van der Waals surface area contributed by atoms with Gasteiger partial charge >= 0.3 is 0 Å². The van der Waals surface area contributed by atoms with Crippen molar-refractivity contribution >= 4 is 21.4 Å². The van der Waals surface area contributed by atoms with Gasteiger partial charge in [-0.2, -0.15) is 0 Å². The topological polar surface area (TPSA) is 59.1 Å². The molecule has 1 fully saturated rings. The molecule has 0 bridgehead atoms. The summed E-state index contributed by atoms with van der Waals surface area (Å²) in [6, 6.07) is 7.77. The van der Waals surface area contributed by atoms with Gasteiger partial charge in [0.05, 0.1) is 16.3 Å². The van der Waals surface area contributed by atoms with Gasteiger partial charge in [-0.15, -0.1) is 11.3 Å². The average Bonchev–Trinajstić information content (AvgIpc) is 3.08. The monoisotopic (exact) mass is 350 g/mol. The summed E-state index contributed by atoms with van der Waals surface area (Å²) in [5.41, 5.74) is 1.78. The van der Waals surface area contributed by atoms with Crippen molar-refractivity contribution in [2.24, 2.45) is 5.92 Å². The van der Waals surface area contributed by atoms with Crippen molar-refractivity contribution in [1.82, 2.24) is 9.71 Å². The van der Waals surface area contributed by atoms with E-state index in [0.717, 1.165) is 41.8 Å². The normalized spacial score (nSPS) is 16.5. The lowest BCUT2D eigenvalue weighted by Gasteiger charge is -2.21. The predicted octanol–water partition coefficient (Wildman–Crippen LogP) is 3.81. The largest absolute Gasteiger partial charge is 0.255 e. The summed E-state index contributed by atoms with van der Waals surface area (Å²) in [5, 5.41) is 2.00. The minimum Gasteiger partial charge on any atom is -0.255 e. The molecule has 0 saturated heterocycles. The van der Waals surface area contributed by atoms with E-state index in [1.807, 2.05) is 29.6 Å². The summed E-state index contributed by atoms with van der Waals surface area (Å²) >= 11 is 1.61. The number of sulfonamides is 1. The number of pyridine rings is 1. The summed E-state index contributed by atoms with van der Waals surface area (Å²) in [7, 11) is -3.24. The molecule has 0 amide bonds. The van der Waals surface area contributed by atoms with Crippen molar-refractivity contribution in [2.45, 2.75) is 38.6 Å². The van der Waals surface area contributed by atoms with Crippen molar-refractivity contribution in [1.29, 1.82) is 0 Å². The molecule has 2 aromatic heterocycles. The van der Waals surface area contributed by atoms with E-state index in [2.05, 4.69) is 9.71 Å². The number of hydrogen-bond acceptors (Lipinski definition) is 4. The zero-order chi connectivity index (χ0) is 16.1. The Balaban J connectivity index is 1.66. The Morgan fingerprint density at radius 1 is 1.17 bits per heavy atom. The van der Waals surface area contributed by atoms with Gasteiger partial charge in [-0.1, -0.05) is 31.4 Å². The SMILES string of the molecule is O=S(=O)(CC1CCCCC1)NCc1cccnc1-c1cccs1. The Morgan fingerprint density at radius 2 is 2.00 bits per heavy atom. The van der Waals surface area contributed by atoms with E-state index in [0.29, 0.717) is 12.5 Å². The number of thiophene rings is 1. The van der Waals surface area contributed by atoms with E-state index in [1.54, 1.807) is 17.5 Å². The molecule has 4 nitrogen and oxygen atoms in total. The summed E-state index contributed by atoms with van der Waals surface area (Å²) in [5.74, 6) is 0.564. The third kappa shape index (κ3) is 4.62. The fourth-order valence-corrected chi connectivity index (χ4v) is 5.33. The molecule has 124 valence electrons. The zero-order valence-electron chi connectivity index (χ0n) is 13.1. The fraction of sp³-hybridized carbons (Fsp3) is 0.471. The van der Waals surface area contributed by atoms with Gasteiger partial charge in [0.2, 0.25) is 10.0 Å². The lowest BCUT2D eigenvalue weighted by molar-refractivity contribution is 0.384. The maximum Gasteiger partial charge on any atom is 0.212 e. The van der Waals surface area contributed by atoms with E-state index in [1.165, 1.54) is 6.42 Å². The van der Waals surface area contributed by atoms with Crippen LogP contribution < -0.4 is 4.72 Å². The van der Waals surface area contributed by atoms with E-state index in [-0.39, 0.29) is 5.75 Å². The Kier molecular flexibility index (Phi) is 5.46. The van der Waals surface area contributed by atoms with Gasteiger partial charge < -0.3 is 0 Å². The third-order valence-corrected chi connectivity index (χ3v) is 6.68. The molecule has 3 rings (SSSR count). The fourth-order valence-electron chi connectivity index (χ4n) is 3.13. The van der Waals surface area contributed by atoms with Crippen LogP contribution in [-0.4, -0.2) is 19.2 Å². The minimum atomic E-state index is -3.24. The molecule has 0 aliphatic heterocycles. The lowest BCUT2D eigenvalue weighted by atomic mass is 9.91. The molecule has 1 aliphatic rings. The van der Waals surface area contributed by atoms with Crippen molar-refractivity contribution in [3.05, 3.63) is 41.4 Å². The third-order valence-electron chi connectivity index (χ3n) is 4.31. The average molecular weight is 351 g/mol. The molecule has 1 saturated carbocycles. The van der Waals surface area contributed by atoms with Crippen LogP contribution in [0.3, 0.4) is 0 Å². The number of nitrogens with zero attached hydrogens (tertiary/aromatic N) is 1. The Labute approximate surface area is 142 Å². The van der Waals surface area contributed by atoms with Crippen LogP contribution in [0.25, 0.3) is 10.6 Å². The van der Waals surface area contributed by atoms with Crippen LogP contribution in [0, 0.1) is 5.92 Å². The van der Waals surface area contributed by atoms with Gasteiger partial charge in [0.25, 0.3) is 0 Å². The van der Waals surface area contributed by atoms with E-state index in [4.69, 9.17) is 0 Å². The van der Waals surface area contributed by atoms with Gasteiger partial charge in [-0.05, 0) is 41.8 Å². The minimum absolute atomic E-state index is 0.252. The van der Waals surface area contributed by atoms with Crippen molar-refractivity contribution < 1.29 is 8.42 Å². The van der Waals surface area contributed by atoms with E-state index < -0.39 is 10.0 Å². The Hall–Kier alpha value is -1.24. The van der Waals surface area contributed by atoms with Crippen LogP contribution in [0.1, 0.15) is 37.7 Å². The molecular formula is C17H22N2O2S2. The molecule has 0 atom stereocenters. The standard InChI is InChI=1S/C17H22N2O2S2/c20-23(21,13-14-6-2-1-3-7-14)19-12-15-8-4-10-18-17(15)16-9-5-11-22-16/h4-5,8-11,14,19H,1-3,6-7,12-13H2. The number of aromatic nitrogens is 1. The van der Waals surface area contributed by atoms with Crippen LogP contribution in [0.4, 0.5) is 0 Å². The van der Waals surface area contributed by atoms with Crippen LogP contribution in [0.5, 0.6) is 0 Å². The van der Waals surface area contributed by atoms with Crippen LogP contribution >= 0.6 is 11.3 Å². The molecule has 0 spiro atoms. The number of rotatable bonds is 6. The number of nitrogens with one attached hydrogen (secondary N) is 1. The summed E-state index contributed by atoms with van der Waals surface area (Å²) < 4.78 is 27.4. The zero-order valence-corrected chi connectivity index (χ0v) is 14.7. The quantitative estimate of drug-likeness (QED) is 0.862. The molecule has 23 heavy (non-hydrogen) atoms. The summed E-state index contributed by atoms with van der Waals surface area (Å²) in [6.07, 6.45) is 7.37. The highest BCUT2D eigenvalue weighted by Gasteiger charge is 2.21. The molecule has 6 heteroatoms. The lowest BCUT2D eigenvalue weighted by Crippen LogP contribution is -2.30. The Morgan fingerprint density at radius 3 is 2.74 bits per heavy atom. The molecule has 2 heterocycles. The van der Waals surface area contributed by atoms with Crippen molar-refractivity contribution in [3.63, 3.8) is 0 Å². The van der Waals surface area contributed by atoms with Crippen LogP contribution in [0.2, 0.25) is 0 Å². The molecule has 0 unspecified atom stereocenters. The highest BCUT2D eigenvalue weighted by atomic mass is 32.2. The first-order valence-electron chi connectivity index (χ1n) is 8.09. The van der Waals surface area contributed by atoms with Gasteiger partial charge in [0, 0.05) is 12.7 Å². The molecule has 0 radical (unpaired) electrons. The first-order chi connectivity index (χ1) is 11.1. The predicted molar refractivity (Wildman–Crippen MR) is 94.8 cm³/mol. The van der Waals surface area contributed by atoms with Crippen LogP contribution in [0.15, 0.2) is 35.8 Å². The molecular weight excluding hydrogens is 328 g/mol. The maximum absolute atomic E-state index is 12.3. The Bertz CT molecular complexity index is 721. The first kappa shape index (κ1) is 16.6. The van der Waals surface area contributed by atoms with E-state index in [9.17, 15) is 8.42 Å².